The van der Waals surface area contributed by atoms with E-state index in [1.807, 2.05) is 13.0 Å². The van der Waals surface area contributed by atoms with Crippen molar-refractivity contribution in [2.45, 2.75) is 38.8 Å². The standard InChI is InChI=1S/C20H33N5O2/c1-5-27-20(26)25-13-11-17(12-14-25)23-19(21-3)22-15-16(2)24(4)18-9-7-6-8-10-18/h6-10,16-17H,5,11-15H2,1-4H3,(H2,21,22,23). The zero-order valence-electron chi connectivity index (χ0n) is 16.9. The number of likely N-dealkylation sites (N-methyl/N-ethyl adjacent to an activating group) is 1. The van der Waals surface area contributed by atoms with Crippen molar-refractivity contribution in [1.82, 2.24) is 15.5 Å². The molecule has 1 unspecified atom stereocenters. The molecule has 150 valence electrons. The lowest BCUT2D eigenvalue weighted by Gasteiger charge is -2.33. The minimum absolute atomic E-state index is 0.212. The molecule has 1 aromatic carbocycles. The monoisotopic (exact) mass is 375 g/mol. The van der Waals surface area contributed by atoms with Gasteiger partial charge in [-0.2, -0.15) is 0 Å². The maximum Gasteiger partial charge on any atom is 0.409 e. The van der Waals surface area contributed by atoms with E-state index in [9.17, 15) is 4.79 Å². The van der Waals surface area contributed by atoms with Crippen molar-refractivity contribution in [2.75, 3.05) is 45.2 Å². The van der Waals surface area contributed by atoms with Crippen LogP contribution in [0.1, 0.15) is 26.7 Å². The number of benzene rings is 1. The van der Waals surface area contributed by atoms with Crippen LogP contribution in [-0.2, 0) is 4.74 Å². The van der Waals surface area contributed by atoms with Crippen molar-refractivity contribution in [3.05, 3.63) is 30.3 Å². The van der Waals surface area contributed by atoms with Gasteiger partial charge in [-0.15, -0.1) is 0 Å². The second-order valence-electron chi connectivity index (χ2n) is 6.85. The first kappa shape index (κ1) is 20.9. The first-order valence-corrected chi connectivity index (χ1v) is 9.71. The Hall–Kier alpha value is -2.44. The summed E-state index contributed by atoms with van der Waals surface area (Å²) in [6.07, 6.45) is 1.56. The molecular weight excluding hydrogens is 342 g/mol. The van der Waals surface area contributed by atoms with Crippen LogP contribution in [0, 0.1) is 0 Å². The first-order chi connectivity index (χ1) is 13.0. The van der Waals surface area contributed by atoms with Crippen molar-refractivity contribution >= 4 is 17.7 Å². The fourth-order valence-electron chi connectivity index (χ4n) is 3.11. The number of hydrogen-bond donors (Lipinski definition) is 2. The summed E-state index contributed by atoms with van der Waals surface area (Å²) < 4.78 is 5.07. The quantitative estimate of drug-likeness (QED) is 0.590. The van der Waals surface area contributed by atoms with Gasteiger partial charge in [0.2, 0.25) is 0 Å². The van der Waals surface area contributed by atoms with E-state index < -0.39 is 0 Å². The Morgan fingerprint density at radius 1 is 1.33 bits per heavy atom. The number of para-hydroxylation sites is 1. The summed E-state index contributed by atoms with van der Waals surface area (Å²) in [5.74, 6) is 0.804. The molecule has 0 saturated carbocycles. The van der Waals surface area contributed by atoms with Gasteiger partial charge in [-0.3, -0.25) is 4.99 Å². The molecule has 0 aromatic heterocycles. The molecule has 1 atom stereocenters. The topological polar surface area (TPSA) is 69.2 Å². The maximum absolute atomic E-state index is 11.8. The van der Waals surface area contributed by atoms with Gasteiger partial charge in [0.1, 0.15) is 0 Å². The largest absolute Gasteiger partial charge is 0.450 e. The molecule has 1 aromatic rings. The number of guanidine groups is 1. The SMILES string of the molecule is CCOC(=O)N1CCC(NC(=NC)NCC(C)N(C)c2ccccc2)CC1. The minimum Gasteiger partial charge on any atom is -0.450 e. The molecule has 2 rings (SSSR count). The normalized spacial score (nSPS) is 16.6. The van der Waals surface area contributed by atoms with Gasteiger partial charge in [0.25, 0.3) is 0 Å². The van der Waals surface area contributed by atoms with Gasteiger partial charge < -0.3 is 25.2 Å². The molecule has 1 amide bonds. The number of likely N-dealkylation sites (tertiary alicyclic amines) is 1. The third kappa shape index (κ3) is 6.34. The molecule has 2 N–H and O–H groups in total. The number of nitrogens with one attached hydrogen (secondary N) is 2. The number of rotatable bonds is 6. The van der Waals surface area contributed by atoms with Crippen LogP contribution in [0.3, 0.4) is 0 Å². The van der Waals surface area contributed by atoms with Gasteiger partial charge >= 0.3 is 6.09 Å². The molecule has 27 heavy (non-hydrogen) atoms. The zero-order valence-corrected chi connectivity index (χ0v) is 16.9. The molecule has 7 nitrogen and oxygen atoms in total. The molecule has 0 radical (unpaired) electrons. The second kappa shape index (κ2) is 10.6. The number of aliphatic imine (C=N–C) groups is 1. The summed E-state index contributed by atoms with van der Waals surface area (Å²) in [6, 6.07) is 11.0. The van der Waals surface area contributed by atoms with Crippen LogP contribution < -0.4 is 15.5 Å². The zero-order chi connectivity index (χ0) is 19.6. The highest BCUT2D eigenvalue weighted by molar-refractivity contribution is 5.80. The van der Waals surface area contributed by atoms with E-state index in [0.717, 1.165) is 25.3 Å². The molecule has 0 spiro atoms. The van der Waals surface area contributed by atoms with Crippen molar-refractivity contribution in [1.29, 1.82) is 0 Å². The van der Waals surface area contributed by atoms with Crippen LogP contribution in [0.15, 0.2) is 35.3 Å². The van der Waals surface area contributed by atoms with Crippen LogP contribution >= 0.6 is 0 Å². The summed E-state index contributed by atoms with van der Waals surface area (Å²) in [4.78, 5) is 20.1. The number of piperidine rings is 1. The van der Waals surface area contributed by atoms with Crippen LogP contribution in [0.25, 0.3) is 0 Å². The number of amides is 1. The van der Waals surface area contributed by atoms with Gasteiger partial charge in [0, 0.05) is 51.5 Å². The Labute approximate surface area is 162 Å². The summed E-state index contributed by atoms with van der Waals surface area (Å²) >= 11 is 0. The number of nitrogens with zero attached hydrogens (tertiary/aromatic N) is 3. The highest BCUT2D eigenvalue weighted by Gasteiger charge is 2.24. The van der Waals surface area contributed by atoms with Gasteiger partial charge in [0.15, 0.2) is 5.96 Å². The third-order valence-corrected chi connectivity index (χ3v) is 4.97. The molecule has 1 fully saturated rings. The Kier molecular flexibility index (Phi) is 8.23. The molecule has 1 saturated heterocycles. The number of carbonyl (C=O) groups is 1. The van der Waals surface area contributed by atoms with E-state index in [2.05, 4.69) is 58.8 Å². The van der Waals surface area contributed by atoms with Crippen molar-refractivity contribution in [3.63, 3.8) is 0 Å². The fourth-order valence-corrected chi connectivity index (χ4v) is 3.11. The van der Waals surface area contributed by atoms with Crippen LogP contribution in [0.5, 0.6) is 0 Å². The van der Waals surface area contributed by atoms with Crippen LogP contribution in [0.4, 0.5) is 10.5 Å². The third-order valence-electron chi connectivity index (χ3n) is 4.97. The molecule has 1 heterocycles. The molecule has 1 aliphatic rings. The van der Waals surface area contributed by atoms with E-state index in [4.69, 9.17) is 4.74 Å². The number of ether oxygens (including phenoxy) is 1. The highest BCUT2D eigenvalue weighted by Crippen LogP contribution is 2.14. The number of anilines is 1. The van der Waals surface area contributed by atoms with Crippen molar-refractivity contribution in [3.8, 4) is 0 Å². The van der Waals surface area contributed by atoms with Gasteiger partial charge in [0.05, 0.1) is 6.61 Å². The fraction of sp³-hybridized carbons (Fsp3) is 0.600. The van der Waals surface area contributed by atoms with Gasteiger partial charge in [-0.05, 0) is 38.8 Å². The summed E-state index contributed by atoms with van der Waals surface area (Å²) in [7, 11) is 3.89. The minimum atomic E-state index is -0.212. The summed E-state index contributed by atoms with van der Waals surface area (Å²) in [5, 5.41) is 6.89. The van der Waals surface area contributed by atoms with Crippen molar-refractivity contribution < 1.29 is 9.53 Å². The lowest BCUT2D eigenvalue weighted by atomic mass is 10.1. The Morgan fingerprint density at radius 2 is 2.00 bits per heavy atom. The highest BCUT2D eigenvalue weighted by atomic mass is 16.6. The molecule has 0 aliphatic carbocycles. The van der Waals surface area contributed by atoms with E-state index in [0.29, 0.717) is 31.8 Å². The van der Waals surface area contributed by atoms with E-state index >= 15 is 0 Å². The molecule has 0 bridgehead atoms. The van der Waals surface area contributed by atoms with Crippen LogP contribution in [0.2, 0.25) is 0 Å². The van der Waals surface area contributed by atoms with E-state index in [-0.39, 0.29) is 6.09 Å². The van der Waals surface area contributed by atoms with Gasteiger partial charge in [-0.1, -0.05) is 18.2 Å². The average molecular weight is 376 g/mol. The molecule has 1 aliphatic heterocycles. The average Bonchev–Trinajstić information content (AvgIpc) is 2.71. The molecular formula is C20H33N5O2. The van der Waals surface area contributed by atoms with Crippen molar-refractivity contribution in [2.24, 2.45) is 4.99 Å². The summed E-state index contributed by atoms with van der Waals surface area (Å²) in [5.41, 5.74) is 1.20. The number of hydrogen-bond acceptors (Lipinski definition) is 4. The van der Waals surface area contributed by atoms with E-state index in [1.54, 1.807) is 11.9 Å². The van der Waals surface area contributed by atoms with E-state index in [1.165, 1.54) is 5.69 Å². The predicted molar refractivity (Wildman–Crippen MR) is 110 cm³/mol. The van der Waals surface area contributed by atoms with Gasteiger partial charge in [-0.25, -0.2) is 4.79 Å². The summed E-state index contributed by atoms with van der Waals surface area (Å²) in [6.45, 7) is 6.64. The van der Waals surface area contributed by atoms with Crippen LogP contribution in [-0.4, -0.2) is 69.4 Å². The molecule has 7 heteroatoms. The lowest BCUT2D eigenvalue weighted by Crippen LogP contribution is -2.51. The smallest absolute Gasteiger partial charge is 0.409 e. The Balaban J connectivity index is 1.75. The Morgan fingerprint density at radius 3 is 2.59 bits per heavy atom. The Bertz CT molecular complexity index is 600. The predicted octanol–water partition coefficient (Wildman–Crippen LogP) is 2.30. The second-order valence-corrected chi connectivity index (χ2v) is 6.85. The number of carbonyl (C=O) groups excluding carboxylic acids is 1. The lowest BCUT2D eigenvalue weighted by molar-refractivity contribution is 0.0963. The first-order valence-electron chi connectivity index (χ1n) is 9.71. The maximum atomic E-state index is 11.8.